The maximum atomic E-state index is 14.3. The first-order valence-corrected chi connectivity index (χ1v) is 21.4. The highest BCUT2D eigenvalue weighted by Crippen LogP contribution is 2.54. The number of carboxylic acids is 2. The maximum Gasteiger partial charge on any atom is 0.437 e. The normalized spacial score (nSPS) is 31.2. The van der Waals surface area contributed by atoms with E-state index in [1.807, 2.05) is 6.92 Å². The van der Waals surface area contributed by atoms with Crippen LogP contribution in [0.3, 0.4) is 0 Å². The Bertz CT molecular complexity index is 2520. The van der Waals surface area contributed by atoms with Gasteiger partial charge in [-0.25, -0.2) is 23.6 Å². The topological polar surface area (TPSA) is 250 Å². The summed E-state index contributed by atoms with van der Waals surface area (Å²) in [5.74, 6) is -4.55. The second-order valence-corrected chi connectivity index (χ2v) is 19.0. The van der Waals surface area contributed by atoms with Gasteiger partial charge in [-0.15, -0.1) is 9.15 Å². The molecule has 2 saturated carbocycles. The number of hydrogen-bond acceptors (Lipinski definition) is 10. The maximum absolute atomic E-state index is 14.3. The Morgan fingerprint density at radius 3 is 1.74 bits per heavy atom. The van der Waals surface area contributed by atoms with E-state index in [0.717, 1.165) is 25.7 Å². The lowest BCUT2D eigenvalue weighted by molar-refractivity contribution is -0.832. The summed E-state index contributed by atoms with van der Waals surface area (Å²) in [6, 6.07) is 0. The number of amidine groups is 2. The molecule has 1 spiro atoms. The molecule has 8 rings (SSSR count). The van der Waals surface area contributed by atoms with Gasteiger partial charge in [0.05, 0.1) is 22.9 Å². The number of carboxylic acid groups (broad SMARTS) is 2. The molecule has 0 amide bonds. The standard InChI is InChI=1S/C45H58N8O8/c1-17-11-19(3)31(20(4)12-17)37(61-59)33-23(7)27-15-28-24(8)34(42(54)55)39(47)51(28)45(50(27)38(33)46)52-29(25(9)35(40(52)48)43(56)57)16-30-26(10)36(41(49)53(30)45)60-44(58)32-21(5)13-18(2)14-22(32)6/h15-22,31-32,37H,11-14H2,1-10H3,(H9,46,47,48,49,54,55,56,57,59)/p+2/t17?,18?,19?,20?,21?,22?,31?,32?,37?,45-/m1/s1. The lowest BCUT2D eigenvalue weighted by Gasteiger charge is -2.42. The molecule has 6 aliphatic rings. The summed E-state index contributed by atoms with van der Waals surface area (Å²) in [6.45, 7) is 19.7. The average Bonchev–Trinajstić information content (AvgIpc) is 3.76. The number of aliphatic carboxylic acids is 1. The van der Waals surface area contributed by atoms with Crippen molar-refractivity contribution in [3.8, 4) is 5.75 Å². The summed E-state index contributed by atoms with van der Waals surface area (Å²) >= 11 is 0. The zero-order valence-corrected chi connectivity index (χ0v) is 36.7. The summed E-state index contributed by atoms with van der Waals surface area (Å²) in [5.41, 5.74) is 32.3. The van der Waals surface area contributed by atoms with Crippen LogP contribution in [0.15, 0.2) is 33.7 Å². The van der Waals surface area contributed by atoms with E-state index in [-0.39, 0.29) is 69.8 Å². The van der Waals surface area contributed by atoms with Crippen LogP contribution < -0.4 is 27.7 Å². The van der Waals surface area contributed by atoms with Crippen LogP contribution in [0.25, 0.3) is 12.2 Å². The number of nitrogens with zero attached hydrogens (tertiary/aromatic N) is 4. The van der Waals surface area contributed by atoms with Crippen molar-refractivity contribution >= 4 is 53.4 Å². The van der Waals surface area contributed by atoms with E-state index in [2.05, 4.69) is 41.5 Å². The van der Waals surface area contributed by atoms with Crippen molar-refractivity contribution in [1.29, 1.82) is 0 Å². The van der Waals surface area contributed by atoms with Gasteiger partial charge in [0.15, 0.2) is 17.1 Å². The largest absolute Gasteiger partial charge is 0.478 e. The molecule has 4 aliphatic heterocycles. The van der Waals surface area contributed by atoms with Gasteiger partial charge in [0.1, 0.15) is 28.9 Å². The second kappa shape index (κ2) is 14.2. The van der Waals surface area contributed by atoms with Crippen molar-refractivity contribution in [2.24, 2.45) is 58.8 Å². The van der Waals surface area contributed by atoms with Gasteiger partial charge in [0, 0.05) is 28.9 Å². The number of rotatable bonds is 7. The molecule has 5 unspecified atom stereocenters. The van der Waals surface area contributed by atoms with Crippen LogP contribution in [0.1, 0.15) is 114 Å². The van der Waals surface area contributed by atoms with Crippen molar-refractivity contribution in [3.63, 3.8) is 0 Å². The van der Waals surface area contributed by atoms with E-state index in [1.165, 1.54) is 0 Å². The molecule has 2 aromatic heterocycles. The van der Waals surface area contributed by atoms with E-state index in [9.17, 15) is 29.9 Å². The Hall–Kier alpha value is -5.61. The van der Waals surface area contributed by atoms with Gasteiger partial charge in [0.2, 0.25) is 0 Å². The summed E-state index contributed by atoms with van der Waals surface area (Å²) in [6.07, 6.45) is 6.18. The minimum atomic E-state index is -2.06. The summed E-state index contributed by atoms with van der Waals surface area (Å²) < 4.78 is 12.9. The van der Waals surface area contributed by atoms with Gasteiger partial charge < -0.3 is 26.4 Å². The fourth-order valence-corrected chi connectivity index (χ4v) is 12.8. The molecule has 6 atom stereocenters. The van der Waals surface area contributed by atoms with Crippen molar-refractivity contribution < 1.29 is 48.6 Å². The Morgan fingerprint density at radius 2 is 1.21 bits per heavy atom. The SMILES string of the molecule is CC1=C(C(=O)O)C(N)=[N+]2C1=Cc1c(C)c(OC(=O)C3C(C)CC(C)CC3C)c(N)n1[C@]21n2c(N)c(C(=O)O)c(C)c2C=C2C(C)=C(C(OO)C3C(C)CC(C)CC3C)C(N)=[N+]21. The van der Waals surface area contributed by atoms with Gasteiger partial charge in [-0.1, -0.05) is 41.5 Å². The van der Waals surface area contributed by atoms with Crippen LogP contribution in [-0.4, -0.2) is 69.4 Å². The number of fused-ring (bicyclic) bond motifs is 8. The Labute approximate surface area is 355 Å². The highest BCUT2D eigenvalue weighted by atomic mass is 17.1. The van der Waals surface area contributed by atoms with E-state index in [1.54, 1.807) is 51.2 Å². The molecule has 2 fully saturated rings. The number of aromatic carboxylic acids is 1. The number of nitrogens with two attached hydrogens (primary N) is 4. The molecule has 61 heavy (non-hydrogen) atoms. The van der Waals surface area contributed by atoms with Crippen LogP contribution in [0.4, 0.5) is 11.6 Å². The molecule has 16 nitrogen and oxygen atoms in total. The smallest absolute Gasteiger partial charge is 0.437 e. The van der Waals surface area contributed by atoms with Crippen LogP contribution in [0, 0.1) is 61.2 Å². The van der Waals surface area contributed by atoms with Crippen LogP contribution in [0.5, 0.6) is 5.75 Å². The van der Waals surface area contributed by atoms with Gasteiger partial charge in [-0.05, 0) is 100 Å². The first-order valence-electron chi connectivity index (χ1n) is 21.4. The zero-order valence-electron chi connectivity index (χ0n) is 36.7. The third-order valence-electron chi connectivity index (χ3n) is 15.0. The quantitative estimate of drug-likeness (QED) is 0.0793. The minimum absolute atomic E-state index is 0.0398. The number of anilines is 2. The zero-order chi connectivity index (χ0) is 44.6. The lowest BCUT2D eigenvalue weighted by atomic mass is 9.66. The highest BCUT2D eigenvalue weighted by molar-refractivity contribution is 6.18. The van der Waals surface area contributed by atoms with Gasteiger partial charge in [-0.3, -0.25) is 21.5 Å². The summed E-state index contributed by atoms with van der Waals surface area (Å²) in [5, 5.41) is 32.3. The van der Waals surface area contributed by atoms with Crippen molar-refractivity contribution in [3.05, 3.63) is 61.8 Å². The summed E-state index contributed by atoms with van der Waals surface area (Å²) in [7, 11) is 0. The van der Waals surface area contributed by atoms with E-state index in [4.69, 9.17) is 32.6 Å². The number of hydrogen-bond donors (Lipinski definition) is 7. The average molecular weight is 841 g/mol. The molecule has 0 aromatic carbocycles. The molecule has 6 heterocycles. The number of aromatic nitrogens is 2. The van der Waals surface area contributed by atoms with E-state index >= 15 is 0 Å². The minimum Gasteiger partial charge on any atom is -0.478 e. The first-order chi connectivity index (χ1) is 28.6. The third kappa shape index (κ3) is 5.52. The fraction of sp³-hybridized carbons (Fsp3) is 0.533. The molecule has 2 aromatic rings. The first kappa shape index (κ1) is 42.1. The lowest BCUT2D eigenvalue weighted by Crippen LogP contribution is -2.64. The van der Waals surface area contributed by atoms with Crippen LogP contribution in [-0.2, 0) is 20.4 Å². The molecular formula is C45H60N8O8+2. The third-order valence-corrected chi connectivity index (χ3v) is 15.0. The molecule has 326 valence electrons. The number of carbonyl (C=O) groups is 3. The Kier molecular flexibility index (Phi) is 9.82. The van der Waals surface area contributed by atoms with Crippen LogP contribution in [0.2, 0.25) is 0 Å². The molecule has 0 saturated heterocycles. The summed E-state index contributed by atoms with van der Waals surface area (Å²) in [4.78, 5) is 46.0. The van der Waals surface area contributed by atoms with Gasteiger partial charge >= 0.3 is 23.8 Å². The van der Waals surface area contributed by atoms with Gasteiger partial charge in [-0.2, -0.15) is 0 Å². The predicted octanol–water partition coefficient (Wildman–Crippen LogP) is 5.48. The molecule has 11 N–H and O–H groups in total. The Morgan fingerprint density at radius 1 is 0.721 bits per heavy atom. The highest BCUT2D eigenvalue weighted by Gasteiger charge is 2.67. The monoisotopic (exact) mass is 840 g/mol. The molecule has 0 radical (unpaired) electrons. The van der Waals surface area contributed by atoms with E-state index in [0.29, 0.717) is 62.5 Å². The molecular weight excluding hydrogens is 781 g/mol. The molecule has 16 heteroatoms. The number of nitrogen functional groups attached to an aromatic ring is 2. The number of allylic oxidation sites excluding steroid dienone is 2. The molecule has 0 bridgehead atoms. The predicted molar refractivity (Wildman–Crippen MR) is 229 cm³/mol. The van der Waals surface area contributed by atoms with Crippen molar-refractivity contribution in [2.45, 2.75) is 107 Å². The van der Waals surface area contributed by atoms with Gasteiger partial charge in [0.25, 0.3) is 11.7 Å². The number of carbonyl (C=O) groups excluding carboxylic acids is 1. The van der Waals surface area contributed by atoms with E-state index < -0.39 is 35.8 Å². The number of ether oxygens (including phenoxy) is 1. The van der Waals surface area contributed by atoms with Crippen molar-refractivity contribution in [2.75, 3.05) is 11.5 Å². The number of esters is 1. The van der Waals surface area contributed by atoms with Crippen LogP contribution >= 0.6 is 0 Å². The fourth-order valence-electron chi connectivity index (χ4n) is 12.8. The second-order valence-electron chi connectivity index (χ2n) is 19.0. The Balaban J connectivity index is 1.48. The van der Waals surface area contributed by atoms with Crippen molar-refractivity contribution in [1.82, 2.24) is 9.13 Å². The molecule has 2 aliphatic carbocycles.